The van der Waals surface area contributed by atoms with E-state index in [-0.39, 0.29) is 11.1 Å². The lowest BCUT2D eigenvalue weighted by molar-refractivity contribution is 0.0686. The Bertz CT molecular complexity index is 753. The molecule has 5 heteroatoms. The summed E-state index contributed by atoms with van der Waals surface area (Å²) in [5.74, 6) is -1.90. The second-order valence-corrected chi connectivity index (χ2v) is 6.34. The molecule has 2 aromatic carbocycles. The van der Waals surface area contributed by atoms with Gasteiger partial charge in [0.05, 0.1) is 11.1 Å². The van der Waals surface area contributed by atoms with E-state index in [1.54, 1.807) is 36.4 Å². The van der Waals surface area contributed by atoms with Crippen molar-refractivity contribution in [1.82, 2.24) is 0 Å². The molecule has 0 aromatic heterocycles. The van der Waals surface area contributed by atoms with Crippen molar-refractivity contribution in [2.75, 3.05) is 5.32 Å². The van der Waals surface area contributed by atoms with Gasteiger partial charge in [0.25, 0.3) is 0 Å². The molecule has 26 heavy (non-hydrogen) atoms. The molecule has 0 spiro atoms. The van der Waals surface area contributed by atoms with Gasteiger partial charge in [0.2, 0.25) is 0 Å². The third-order valence-electron chi connectivity index (χ3n) is 4.34. The van der Waals surface area contributed by atoms with Crippen LogP contribution in [0.5, 0.6) is 0 Å². The number of benzene rings is 2. The lowest BCUT2D eigenvalue weighted by Crippen LogP contribution is -2.06. The number of carboxylic acid groups (broad SMARTS) is 2. The standard InChI is InChI=1S/C21H25NO4/c1-2-3-4-5-6-16-11-12-18(21(25)26)13-19(16)22-14-15-7-9-17(10-8-15)20(23)24/h7-13,22H,2-6,14H2,1H3,(H,23,24)(H,25,26). The van der Waals surface area contributed by atoms with Crippen LogP contribution in [-0.2, 0) is 13.0 Å². The topological polar surface area (TPSA) is 86.6 Å². The van der Waals surface area contributed by atoms with Crippen LogP contribution in [-0.4, -0.2) is 22.2 Å². The first-order chi connectivity index (χ1) is 12.5. The first-order valence-corrected chi connectivity index (χ1v) is 8.93. The fourth-order valence-corrected chi connectivity index (χ4v) is 2.80. The van der Waals surface area contributed by atoms with Crippen molar-refractivity contribution in [3.05, 3.63) is 64.7 Å². The molecule has 3 N–H and O–H groups in total. The van der Waals surface area contributed by atoms with Crippen LogP contribution in [0.1, 0.15) is 64.4 Å². The third kappa shape index (κ3) is 5.62. The zero-order valence-corrected chi connectivity index (χ0v) is 15.0. The summed E-state index contributed by atoms with van der Waals surface area (Å²) in [5, 5.41) is 21.5. The number of aryl methyl sites for hydroxylation is 1. The molecule has 2 aromatic rings. The molecule has 2 rings (SSSR count). The summed E-state index contributed by atoms with van der Waals surface area (Å²) in [5.41, 5.74) is 3.37. The Morgan fingerprint density at radius 1 is 0.885 bits per heavy atom. The molecule has 0 saturated heterocycles. The second-order valence-electron chi connectivity index (χ2n) is 6.34. The Hall–Kier alpha value is -2.82. The summed E-state index contributed by atoms with van der Waals surface area (Å²) in [7, 11) is 0. The molecule has 0 bridgehead atoms. The number of aromatic carboxylic acids is 2. The predicted octanol–water partition coefficient (Wildman–Crippen LogP) is 4.82. The first kappa shape index (κ1) is 19.5. The predicted molar refractivity (Wildman–Crippen MR) is 102 cm³/mol. The van der Waals surface area contributed by atoms with Crippen molar-refractivity contribution in [1.29, 1.82) is 0 Å². The molecule has 5 nitrogen and oxygen atoms in total. The molecule has 0 amide bonds. The Labute approximate surface area is 153 Å². The first-order valence-electron chi connectivity index (χ1n) is 8.93. The number of anilines is 1. The van der Waals surface area contributed by atoms with Crippen LogP contribution < -0.4 is 5.32 Å². The molecule has 138 valence electrons. The minimum absolute atomic E-state index is 0.248. The van der Waals surface area contributed by atoms with E-state index in [4.69, 9.17) is 5.11 Å². The molecule has 0 fully saturated rings. The normalized spacial score (nSPS) is 10.5. The summed E-state index contributed by atoms with van der Waals surface area (Å²) in [6, 6.07) is 11.9. The largest absolute Gasteiger partial charge is 0.478 e. The molecule has 0 aliphatic rings. The molecule has 0 aliphatic heterocycles. The van der Waals surface area contributed by atoms with Crippen LogP contribution in [0.15, 0.2) is 42.5 Å². The van der Waals surface area contributed by atoms with Gasteiger partial charge in [-0.05, 0) is 48.2 Å². The fraction of sp³-hybridized carbons (Fsp3) is 0.333. The zero-order chi connectivity index (χ0) is 18.9. The fourth-order valence-electron chi connectivity index (χ4n) is 2.80. The number of hydrogen-bond acceptors (Lipinski definition) is 3. The van der Waals surface area contributed by atoms with Gasteiger partial charge in [0.15, 0.2) is 0 Å². The van der Waals surface area contributed by atoms with Crippen molar-refractivity contribution in [3.8, 4) is 0 Å². The quantitative estimate of drug-likeness (QED) is 0.532. The van der Waals surface area contributed by atoms with Crippen LogP contribution in [0.25, 0.3) is 0 Å². The average molecular weight is 355 g/mol. The number of nitrogens with one attached hydrogen (secondary N) is 1. The molecular formula is C21H25NO4. The van der Waals surface area contributed by atoms with Gasteiger partial charge in [0, 0.05) is 12.2 Å². The lowest BCUT2D eigenvalue weighted by Gasteiger charge is -2.13. The van der Waals surface area contributed by atoms with Gasteiger partial charge in [-0.15, -0.1) is 0 Å². The van der Waals surface area contributed by atoms with Crippen molar-refractivity contribution >= 4 is 17.6 Å². The van der Waals surface area contributed by atoms with Gasteiger partial charge in [-0.25, -0.2) is 9.59 Å². The van der Waals surface area contributed by atoms with Crippen LogP contribution >= 0.6 is 0 Å². The van der Waals surface area contributed by atoms with E-state index in [0.29, 0.717) is 6.54 Å². The van der Waals surface area contributed by atoms with Crippen molar-refractivity contribution in [2.45, 2.75) is 45.6 Å². The van der Waals surface area contributed by atoms with E-state index in [2.05, 4.69) is 12.2 Å². The monoisotopic (exact) mass is 355 g/mol. The van der Waals surface area contributed by atoms with E-state index in [1.807, 2.05) is 6.07 Å². The Kier molecular flexibility index (Phi) is 7.21. The smallest absolute Gasteiger partial charge is 0.335 e. The molecule has 0 unspecified atom stereocenters. The average Bonchev–Trinajstić information content (AvgIpc) is 2.64. The lowest BCUT2D eigenvalue weighted by atomic mass is 10.0. The van der Waals surface area contributed by atoms with Gasteiger partial charge in [0.1, 0.15) is 0 Å². The maximum atomic E-state index is 11.3. The van der Waals surface area contributed by atoms with Crippen LogP contribution in [0, 0.1) is 0 Å². The molecular weight excluding hydrogens is 330 g/mol. The van der Waals surface area contributed by atoms with E-state index >= 15 is 0 Å². The summed E-state index contributed by atoms with van der Waals surface area (Å²) in [4.78, 5) is 22.2. The van der Waals surface area contributed by atoms with Gasteiger partial charge >= 0.3 is 11.9 Å². The summed E-state index contributed by atoms with van der Waals surface area (Å²) in [6.07, 6.45) is 5.51. The van der Waals surface area contributed by atoms with Crippen molar-refractivity contribution in [3.63, 3.8) is 0 Å². The van der Waals surface area contributed by atoms with Gasteiger partial charge in [-0.1, -0.05) is 44.4 Å². The van der Waals surface area contributed by atoms with Crippen LogP contribution in [0.3, 0.4) is 0 Å². The van der Waals surface area contributed by atoms with Gasteiger partial charge in [-0.3, -0.25) is 0 Å². The molecule has 0 saturated carbocycles. The Balaban J connectivity index is 2.09. The summed E-state index contributed by atoms with van der Waals surface area (Å²) >= 11 is 0. The highest BCUT2D eigenvalue weighted by molar-refractivity contribution is 5.89. The van der Waals surface area contributed by atoms with Crippen molar-refractivity contribution < 1.29 is 19.8 Å². The second kappa shape index (κ2) is 9.61. The van der Waals surface area contributed by atoms with Gasteiger partial charge in [-0.2, -0.15) is 0 Å². The van der Waals surface area contributed by atoms with E-state index in [1.165, 1.54) is 12.8 Å². The molecule has 0 aliphatic carbocycles. The Morgan fingerprint density at radius 2 is 1.54 bits per heavy atom. The maximum absolute atomic E-state index is 11.3. The molecule has 0 heterocycles. The van der Waals surface area contributed by atoms with Gasteiger partial charge < -0.3 is 15.5 Å². The third-order valence-corrected chi connectivity index (χ3v) is 4.34. The number of carboxylic acids is 2. The SMILES string of the molecule is CCCCCCc1ccc(C(=O)O)cc1NCc1ccc(C(=O)O)cc1. The minimum atomic E-state index is -0.951. The summed E-state index contributed by atoms with van der Waals surface area (Å²) < 4.78 is 0. The van der Waals surface area contributed by atoms with Crippen LogP contribution in [0.2, 0.25) is 0 Å². The highest BCUT2D eigenvalue weighted by atomic mass is 16.4. The maximum Gasteiger partial charge on any atom is 0.335 e. The summed E-state index contributed by atoms with van der Waals surface area (Å²) in [6.45, 7) is 2.68. The zero-order valence-electron chi connectivity index (χ0n) is 15.0. The Morgan fingerprint density at radius 3 is 2.15 bits per heavy atom. The molecule has 0 radical (unpaired) electrons. The number of hydrogen-bond donors (Lipinski definition) is 3. The van der Waals surface area contributed by atoms with E-state index in [0.717, 1.165) is 36.1 Å². The molecule has 0 atom stereocenters. The highest BCUT2D eigenvalue weighted by Crippen LogP contribution is 2.22. The minimum Gasteiger partial charge on any atom is -0.478 e. The number of carbonyl (C=O) groups is 2. The van der Waals surface area contributed by atoms with E-state index < -0.39 is 11.9 Å². The highest BCUT2D eigenvalue weighted by Gasteiger charge is 2.09. The van der Waals surface area contributed by atoms with E-state index in [9.17, 15) is 14.7 Å². The number of unbranched alkanes of at least 4 members (excludes halogenated alkanes) is 3. The van der Waals surface area contributed by atoms with Crippen molar-refractivity contribution in [2.24, 2.45) is 0 Å². The van der Waals surface area contributed by atoms with Crippen LogP contribution in [0.4, 0.5) is 5.69 Å². The number of rotatable bonds is 10.